The third-order valence-electron chi connectivity index (χ3n) is 2.49. The van der Waals surface area contributed by atoms with Crippen LogP contribution in [0.2, 0.25) is 0 Å². The quantitative estimate of drug-likeness (QED) is 0.613. The average molecular weight is 280 g/mol. The predicted molar refractivity (Wildman–Crippen MR) is 71.4 cm³/mol. The van der Waals surface area contributed by atoms with Crippen molar-refractivity contribution in [2.24, 2.45) is 0 Å². The minimum absolute atomic E-state index is 0.0461. The van der Waals surface area contributed by atoms with E-state index in [1.807, 2.05) is 6.92 Å². The van der Waals surface area contributed by atoms with Crippen LogP contribution < -0.4 is 5.32 Å². The molecule has 0 bridgehead atoms. The topological polar surface area (TPSA) is 71.3 Å². The molecule has 0 heterocycles. The Kier molecular flexibility index (Phi) is 6.47. The number of ether oxygens (including phenoxy) is 2. The van der Waals surface area contributed by atoms with Crippen molar-refractivity contribution in [3.05, 3.63) is 29.6 Å². The Hall–Kier alpha value is -2.13. The summed E-state index contributed by atoms with van der Waals surface area (Å²) in [5, 5.41) is 11.7. The van der Waals surface area contributed by atoms with Crippen LogP contribution in [0, 0.1) is 17.1 Å². The summed E-state index contributed by atoms with van der Waals surface area (Å²) < 4.78 is 23.3. The summed E-state index contributed by atoms with van der Waals surface area (Å²) in [7, 11) is 0. The molecule has 1 aromatic carbocycles. The largest absolute Gasteiger partial charge is 0.464 e. The molecule has 108 valence electrons. The second-order valence-corrected chi connectivity index (χ2v) is 3.96. The van der Waals surface area contributed by atoms with Crippen molar-refractivity contribution < 1.29 is 18.7 Å². The molecule has 1 rings (SSSR count). The molecule has 0 radical (unpaired) electrons. The highest BCUT2D eigenvalue weighted by Gasteiger charge is 2.11. The van der Waals surface area contributed by atoms with Crippen molar-refractivity contribution in [3.8, 4) is 6.07 Å². The number of halogens is 1. The molecule has 5 nitrogen and oxygen atoms in total. The molecule has 1 N–H and O–H groups in total. The van der Waals surface area contributed by atoms with Gasteiger partial charge in [-0.25, -0.2) is 9.18 Å². The maximum Gasteiger partial charge on any atom is 0.332 e. The monoisotopic (exact) mass is 280 g/mol. The Morgan fingerprint density at radius 1 is 1.50 bits per heavy atom. The van der Waals surface area contributed by atoms with Crippen molar-refractivity contribution in [1.82, 2.24) is 0 Å². The van der Waals surface area contributed by atoms with Crippen LogP contribution in [-0.2, 0) is 14.3 Å². The number of esters is 1. The Bertz CT molecular complexity index is 500. The highest BCUT2D eigenvalue weighted by Crippen LogP contribution is 2.16. The van der Waals surface area contributed by atoms with Gasteiger partial charge in [-0.1, -0.05) is 6.92 Å². The Labute approximate surface area is 117 Å². The van der Waals surface area contributed by atoms with Gasteiger partial charge in [-0.2, -0.15) is 5.26 Å². The van der Waals surface area contributed by atoms with E-state index in [4.69, 9.17) is 14.7 Å². The molecule has 6 heteroatoms. The standard InChI is InChI=1S/C14H17FN2O3/c1-3-13(20-9-14(18)19-4-2)17-11-5-6-12(15)10(7-11)8-16/h5-7,13,17H,3-4,9H2,1-2H3. The highest BCUT2D eigenvalue weighted by atomic mass is 19.1. The number of nitriles is 1. The molecular weight excluding hydrogens is 263 g/mol. The van der Waals surface area contributed by atoms with Crippen molar-refractivity contribution in [3.63, 3.8) is 0 Å². The van der Waals surface area contributed by atoms with Crippen LogP contribution in [0.1, 0.15) is 25.8 Å². The van der Waals surface area contributed by atoms with Gasteiger partial charge < -0.3 is 14.8 Å². The average Bonchev–Trinajstić information content (AvgIpc) is 2.45. The molecule has 0 aliphatic carbocycles. The summed E-state index contributed by atoms with van der Waals surface area (Å²) in [6.07, 6.45) is 0.176. The summed E-state index contributed by atoms with van der Waals surface area (Å²) in [5.41, 5.74) is 0.508. The van der Waals surface area contributed by atoms with Crippen LogP contribution in [0.3, 0.4) is 0 Å². The molecule has 1 atom stereocenters. The number of nitrogens with zero attached hydrogens (tertiary/aromatic N) is 1. The van der Waals surface area contributed by atoms with Gasteiger partial charge in [-0.15, -0.1) is 0 Å². The van der Waals surface area contributed by atoms with E-state index in [0.717, 1.165) is 0 Å². The Balaban J connectivity index is 2.60. The zero-order chi connectivity index (χ0) is 15.0. The number of rotatable bonds is 7. The fraction of sp³-hybridized carbons (Fsp3) is 0.429. The molecule has 0 saturated heterocycles. The maximum absolute atomic E-state index is 13.2. The molecule has 20 heavy (non-hydrogen) atoms. The summed E-state index contributed by atoms with van der Waals surface area (Å²) in [5.74, 6) is -1.01. The third kappa shape index (κ3) is 4.86. The van der Waals surface area contributed by atoms with Gasteiger partial charge in [0, 0.05) is 5.69 Å². The van der Waals surface area contributed by atoms with E-state index in [2.05, 4.69) is 5.32 Å². The first-order valence-electron chi connectivity index (χ1n) is 6.34. The minimum atomic E-state index is -0.571. The lowest BCUT2D eigenvalue weighted by atomic mass is 10.2. The molecule has 0 spiro atoms. The van der Waals surface area contributed by atoms with Gasteiger partial charge in [0.25, 0.3) is 0 Å². The van der Waals surface area contributed by atoms with Crippen LogP contribution in [0.5, 0.6) is 0 Å². The van der Waals surface area contributed by atoms with Crippen LogP contribution in [-0.4, -0.2) is 25.4 Å². The van der Waals surface area contributed by atoms with E-state index < -0.39 is 18.0 Å². The summed E-state index contributed by atoms with van der Waals surface area (Å²) in [4.78, 5) is 11.2. The molecule has 0 amide bonds. The summed E-state index contributed by atoms with van der Waals surface area (Å²) in [6.45, 7) is 3.73. The number of carbonyl (C=O) groups excluding carboxylic acids is 1. The second-order valence-electron chi connectivity index (χ2n) is 3.96. The normalized spacial score (nSPS) is 11.5. The molecule has 0 saturated carbocycles. The SMILES string of the molecule is CCOC(=O)COC(CC)Nc1ccc(F)c(C#N)c1. The van der Waals surface area contributed by atoms with Crippen molar-refractivity contribution in [2.45, 2.75) is 26.5 Å². The number of hydrogen-bond acceptors (Lipinski definition) is 5. The minimum Gasteiger partial charge on any atom is -0.464 e. The van der Waals surface area contributed by atoms with E-state index in [0.29, 0.717) is 18.7 Å². The Morgan fingerprint density at radius 3 is 2.85 bits per heavy atom. The molecule has 0 aromatic heterocycles. The van der Waals surface area contributed by atoms with Crippen LogP contribution in [0.25, 0.3) is 0 Å². The Morgan fingerprint density at radius 2 is 2.25 bits per heavy atom. The fourth-order valence-corrected chi connectivity index (χ4v) is 1.52. The zero-order valence-corrected chi connectivity index (χ0v) is 11.5. The molecule has 0 aliphatic rings. The van der Waals surface area contributed by atoms with E-state index in [1.165, 1.54) is 18.2 Å². The highest BCUT2D eigenvalue weighted by molar-refractivity contribution is 5.70. The van der Waals surface area contributed by atoms with Crippen molar-refractivity contribution in [2.75, 3.05) is 18.5 Å². The molecule has 0 aliphatic heterocycles. The van der Waals surface area contributed by atoms with Crippen LogP contribution in [0.4, 0.5) is 10.1 Å². The van der Waals surface area contributed by atoms with Gasteiger partial charge in [-0.3, -0.25) is 0 Å². The van der Waals surface area contributed by atoms with Crippen molar-refractivity contribution >= 4 is 11.7 Å². The first kappa shape index (κ1) is 15.9. The molecule has 1 aromatic rings. The number of hydrogen-bond donors (Lipinski definition) is 1. The lowest BCUT2D eigenvalue weighted by Gasteiger charge is -2.18. The van der Waals surface area contributed by atoms with Gasteiger partial charge >= 0.3 is 5.97 Å². The van der Waals surface area contributed by atoms with E-state index in [9.17, 15) is 9.18 Å². The van der Waals surface area contributed by atoms with Gasteiger partial charge in [0.2, 0.25) is 0 Å². The number of benzene rings is 1. The number of carbonyl (C=O) groups is 1. The molecular formula is C14H17FN2O3. The third-order valence-corrected chi connectivity index (χ3v) is 2.49. The number of anilines is 1. The van der Waals surface area contributed by atoms with E-state index >= 15 is 0 Å². The van der Waals surface area contributed by atoms with Gasteiger partial charge in [0.1, 0.15) is 24.7 Å². The molecule has 1 unspecified atom stereocenters. The van der Waals surface area contributed by atoms with E-state index in [-0.39, 0.29) is 12.2 Å². The smallest absolute Gasteiger partial charge is 0.332 e. The van der Waals surface area contributed by atoms with Crippen molar-refractivity contribution in [1.29, 1.82) is 5.26 Å². The van der Waals surface area contributed by atoms with E-state index in [1.54, 1.807) is 13.0 Å². The van der Waals surface area contributed by atoms with Gasteiger partial charge in [0.05, 0.1) is 12.2 Å². The number of nitrogens with one attached hydrogen (secondary N) is 1. The first-order valence-corrected chi connectivity index (χ1v) is 6.34. The lowest BCUT2D eigenvalue weighted by Crippen LogP contribution is -2.26. The first-order chi connectivity index (χ1) is 9.60. The van der Waals surface area contributed by atoms with Gasteiger partial charge in [0.15, 0.2) is 0 Å². The second kappa shape index (κ2) is 8.12. The summed E-state index contributed by atoms with van der Waals surface area (Å²) >= 11 is 0. The maximum atomic E-state index is 13.2. The predicted octanol–water partition coefficient (Wildman–Crippen LogP) is 2.43. The fourth-order valence-electron chi connectivity index (χ4n) is 1.52. The van der Waals surface area contributed by atoms with Crippen LogP contribution in [0.15, 0.2) is 18.2 Å². The van der Waals surface area contributed by atoms with Crippen LogP contribution >= 0.6 is 0 Å². The summed E-state index contributed by atoms with van der Waals surface area (Å²) in [6, 6.07) is 5.87. The lowest BCUT2D eigenvalue weighted by molar-refractivity contribution is -0.150. The van der Waals surface area contributed by atoms with Gasteiger partial charge in [-0.05, 0) is 31.5 Å². The molecule has 0 fully saturated rings. The zero-order valence-electron chi connectivity index (χ0n) is 11.5.